The molecule has 1 aromatic carbocycles. The first-order valence-corrected chi connectivity index (χ1v) is 12.3. The van der Waals surface area contributed by atoms with Gasteiger partial charge in [-0.05, 0) is 31.4 Å². The SMILES string of the molecule is O=C(N1CCN(S(=O)(=O)c2ccc([N+](=O)[O-])cc2)CC1)C12CC3(F)CC(F)(CC(F)(C3)C1)C2. The molecule has 4 saturated carbocycles. The predicted molar refractivity (Wildman–Crippen MR) is 110 cm³/mol. The first-order valence-electron chi connectivity index (χ1n) is 10.9. The highest BCUT2D eigenvalue weighted by Crippen LogP contribution is 2.68. The Labute approximate surface area is 188 Å². The van der Waals surface area contributed by atoms with Crippen molar-refractivity contribution in [1.29, 1.82) is 0 Å². The molecule has 0 radical (unpaired) electrons. The number of nitrogens with zero attached hydrogens (tertiary/aromatic N) is 3. The van der Waals surface area contributed by atoms with E-state index in [0.29, 0.717) is 0 Å². The van der Waals surface area contributed by atoms with E-state index in [1.54, 1.807) is 0 Å². The largest absolute Gasteiger partial charge is 0.340 e. The Kier molecular flexibility index (Phi) is 4.73. The van der Waals surface area contributed by atoms with Crippen LogP contribution in [0.5, 0.6) is 0 Å². The third-order valence-electron chi connectivity index (χ3n) is 7.53. The molecule has 180 valence electrons. The van der Waals surface area contributed by atoms with Crippen LogP contribution in [0.25, 0.3) is 0 Å². The zero-order chi connectivity index (χ0) is 23.9. The van der Waals surface area contributed by atoms with Crippen molar-refractivity contribution in [2.75, 3.05) is 26.2 Å². The van der Waals surface area contributed by atoms with E-state index < -0.39 is 43.3 Å². The molecule has 0 atom stereocenters. The number of halogens is 3. The van der Waals surface area contributed by atoms with E-state index in [2.05, 4.69) is 0 Å². The number of carbonyl (C=O) groups excluding carboxylic acids is 1. The maximum Gasteiger partial charge on any atom is 0.269 e. The second kappa shape index (κ2) is 6.91. The molecule has 1 aromatic rings. The standard InChI is InChI=1S/C21H24F3N3O5S/c22-19-9-18(10-20(23,12-19)14-21(24,11-18)13-19)17(28)25-5-7-26(8-6-25)33(31,32)16-3-1-15(2-4-16)27(29)30/h1-4H,5-14H2. The van der Waals surface area contributed by atoms with Gasteiger partial charge in [-0.2, -0.15) is 4.31 Å². The zero-order valence-corrected chi connectivity index (χ0v) is 18.6. The van der Waals surface area contributed by atoms with Gasteiger partial charge in [0.25, 0.3) is 5.69 Å². The summed E-state index contributed by atoms with van der Waals surface area (Å²) in [6.45, 7) is -0.0395. The Morgan fingerprint density at radius 3 is 1.73 bits per heavy atom. The summed E-state index contributed by atoms with van der Waals surface area (Å²) in [7, 11) is -3.94. The smallest absolute Gasteiger partial charge is 0.269 e. The van der Waals surface area contributed by atoms with Crippen molar-refractivity contribution in [2.45, 2.75) is 60.4 Å². The molecule has 0 aromatic heterocycles. The lowest BCUT2D eigenvalue weighted by Gasteiger charge is -2.63. The van der Waals surface area contributed by atoms with E-state index in [-0.39, 0.29) is 75.3 Å². The van der Waals surface area contributed by atoms with Crippen LogP contribution in [0.3, 0.4) is 0 Å². The van der Waals surface area contributed by atoms with Gasteiger partial charge in [-0.15, -0.1) is 0 Å². The van der Waals surface area contributed by atoms with Crippen molar-refractivity contribution in [2.24, 2.45) is 5.41 Å². The maximum atomic E-state index is 15.3. The average molecular weight is 488 g/mol. The van der Waals surface area contributed by atoms with Gasteiger partial charge in [0.15, 0.2) is 0 Å². The molecule has 4 bridgehead atoms. The fourth-order valence-electron chi connectivity index (χ4n) is 6.86. The summed E-state index contributed by atoms with van der Waals surface area (Å²) < 4.78 is 72.7. The number of carbonyl (C=O) groups is 1. The number of nitro groups is 1. The molecule has 12 heteroatoms. The minimum absolute atomic E-state index is 0.0185. The number of alkyl halides is 3. The van der Waals surface area contributed by atoms with Gasteiger partial charge in [0.1, 0.15) is 17.0 Å². The quantitative estimate of drug-likeness (QED) is 0.480. The number of rotatable bonds is 4. The molecular weight excluding hydrogens is 463 g/mol. The van der Waals surface area contributed by atoms with Crippen molar-refractivity contribution < 1.29 is 31.3 Å². The predicted octanol–water partition coefficient (Wildman–Crippen LogP) is 2.92. The molecular formula is C21H24F3N3O5S. The van der Waals surface area contributed by atoms with Crippen molar-refractivity contribution >= 4 is 21.6 Å². The Balaban J connectivity index is 1.30. The van der Waals surface area contributed by atoms with E-state index in [1.807, 2.05) is 0 Å². The number of benzene rings is 1. The molecule has 5 fully saturated rings. The molecule has 8 nitrogen and oxygen atoms in total. The molecule has 0 unspecified atom stereocenters. The Bertz CT molecular complexity index is 1070. The highest BCUT2D eigenvalue weighted by molar-refractivity contribution is 7.89. The average Bonchev–Trinajstić information content (AvgIpc) is 2.70. The minimum Gasteiger partial charge on any atom is -0.340 e. The third kappa shape index (κ3) is 3.61. The second-order valence-electron chi connectivity index (χ2n) is 10.2. The topological polar surface area (TPSA) is 101 Å². The Morgan fingerprint density at radius 2 is 1.30 bits per heavy atom. The van der Waals surface area contributed by atoms with Crippen LogP contribution in [0.15, 0.2) is 29.2 Å². The molecule has 6 rings (SSSR count). The molecule has 4 aliphatic carbocycles. The third-order valence-corrected chi connectivity index (χ3v) is 9.44. The monoisotopic (exact) mass is 487 g/mol. The lowest BCUT2D eigenvalue weighted by molar-refractivity contribution is -0.384. The molecule has 33 heavy (non-hydrogen) atoms. The second-order valence-corrected chi connectivity index (χ2v) is 12.2. The first-order chi connectivity index (χ1) is 15.3. The number of hydrogen-bond acceptors (Lipinski definition) is 5. The molecule has 5 aliphatic rings. The van der Waals surface area contributed by atoms with Gasteiger partial charge in [-0.1, -0.05) is 0 Å². The summed E-state index contributed by atoms with van der Waals surface area (Å²) in [5.41, 5.74) is -7.77. The molecule has 1 heterocycles. The molecule has 1 amide bonds. The molecule has 1 aliphatic heterocycles. The molecule has 1 saturated heterocycles. The van der Waals surface area contributed by atoms with Crippen LogP contribution in [0.1, 0.15) is 38.5 Å². The van der Waals surface area contributed by atoms with Gasteiger partial charge in [-0.25, -0.2) is 21.6 Å². The maximum absolute atomic E-state index is 15.3. The summed E-state index contributed by atoms with van der Waals surface area (Å²) in [6, 6.07) is 4.52. The van der Waals surface area contributed by atoms with Crippen molar-refractivity contribution in [1.82, 2.24) is 9.21 Å². The number of nitro benzene ring substituents is 1. The van der Waals surface area contributed by atoms with E-state index in [4.69, 9.17) is 0 Å². The van der Waals surface area contributed by atoms with Gasteiger partial charge in [0.2, 0.25) is 15.9 Å². The molecule has 0 N–H and O–H groups in total. The van der Waals surface area contributed by atoms with Crippen molar-refractivity contribution in [3.8, 4) is 0 Å². The van der Waals surface area contributed by atoms with Crippen LogP contribution in [0.4, 0.5) is 18.9 Å². The molecule has 0 spiro atoms. The van der Waals surface area contributed by atoms with Crippen LogP contribution in [0.2, 0.25) is 0 Å². The summed E-state index contributed by atoms with van der Waals surface area (Å²) in [5, 5.41) is 10.8. The number of piperazine rings is 1. The minimum atomic E-state index is -3.94. The van der Waals surface area contributed by atoms with Gasteiger partial charge < -0.3 is 4.90 Å². The van der Waals surface area contributed by atoms with Gasteiger partial charge in [0, 0.05) is 57.6 Å². The Hall–Kier alpha value is -2.21. The van der Waals surface area contributed by atoms with Crippen molar-refractivity contribution in [3.63, 3.8) is 0 Å². The number of amides is 1. The summed E-state index contributed by atoms with van der Waals surface area (Å²) in [5.74, 6) is -0.500. The highest BCUT2D eigenvalue weighted by atomic mass is 32.2. The van der Waals surface area contributed by atoms with Crippen molar-refractivity contribution in [3.05, 3.63) is 34.4 Å². The van der Waals surface area contributed by atoms with Crippen LogP contribution in [0, 0.1) is 15.5 Å². The number of non-ortho nitro benzene ring substituents is 1. The van der Waals surface area contributed by atoms with E-state index in [9.17, 15) is 23.3 Å². The van der Waals surface area contributed by atoms with Crippen LogP contribution in [-0.4, -0.2) is 71.6 Å². The Morgan fingerprint density at radius 1 is 0.848 bits per heavy atom. The summed E-state index contributed by atoms with van der Waals surface area (Å²) in [6.07, 6.45) is -1.71. The lowest BCUT2D eigenvalue weighted by atomic mass is 9.46. The fourth-order valence-corrected chi connectivity index (χ4v) is 8.28. The van der Waals surface area contributed by atoms with Crippen LogP contribution >= 0.6 is 0 Å². The first kappa shape index (κ1) is 22.6. The summed E-state index contributed by atoms with van der Waals surface area (Å²) in [4.78, 5) is 24.9. The number of hydrogen-bond donors (Lipinski definition) is 0. The summed E-state index contributed by atoms with van der Waals surface area (Å²) >= 11 is 0. The van der Waals surface area contributed by atoms with Gasteiger partial charge >= 0.3 is 0 Å². The van der Waals surface area contributed by atoms with Crippen LogP contribution < -0.4 is 0 Å². The van der Waals surface area contributed by atoms with E-state index in [1.165, 1.54) is 9.21 Å². The zero-order valence-electron chi connectivity index (χ0n) is 17.8. The van der Waals surface area contributed by atoms with Crippen LogP contribution in [-0.2, 0) is 14.8 Å². The van der Waals surface area contributed by atoms with Gasteiger partial charge in [0.05, 0.1) is 15.2 Å². The highest BCUT2D eigenvalue weighted by Gasteiger charge is 2.72. The van der Waals surface area contributed by atoms with E-state index >= 15 is 13.2 Å². The number of sulfonamides is 1. The fraction of sp³-hybridized carbons (Fsp3) is 0.667. The van der Waals surface area contributed by atoms with Gasteiger partial charge in [-0.3, -0.25) is 14.9 Å². The van der Waals surface area contributed by atoms with E-state index in [0.717, 1.165) is 24.3 Å². The lowest BCUT2D eigenvalue weighted by Crippen LogP contribution is -2.69. The normalized spacial score (nSPS) is 38.5.